The molecular formula is C28H36O2. The Bertz CT molecular complexity index is 916. The highest BCUT2D eigenvalue weighted by Crippen LogP contribution is 2.35. The van der Waals surface area contributed by atoms with Gasteiger partial charge in [-0.2, -0.15) is 0 Å². The molecule has 0 heterocycles. The third kappa shape index (κ3) is 5.41. The lowest BCUT2D eigenvalue weighted by Gasteiger charge is -2.22. The highest BCUT2D eigenvalue weighted by atomic mass is 16.4. The van der Waals surface area contributed by atoms with E-state index in [1.807, 2.05) is 0 Å². The number of benzene rings is 2. The van der Waals surface area contributed by atoms with Crippen LogP contribution >= 0.6 is 0 Å². The molecule has 0 bridgehead atoms. The van der Waals surface area contributed by atoms with Gasteiger partial charge in [-0.3, -0.25) is 4.79 Å². The molecule has 0 spiro atoms. The van der Waals surface area contributed by atoms with Gasteiger partial charge in [0.15, 0.2) is 0 Å². The van der Waals surface area contributed by atoms with Crippen molar-refractivity contribution >= 4 is 11.5 Å². The van der Waals surface area contributed by atoms with E-state index in [4.69, 9.17) is 5.11 Å². The zero-order valence-corrected chi connectivity index (χ0v) is 19.1. The molecule has 0 aromatic heterocycles. The summed E-state index contributed by atoms with van der Waals surface area (Å²) in [6.45, 7) is 8.82. The predicted molar refractivity (Wildman–Crippen MR) is 126 cm³/mol. The first-order valence-electron chi connectivity index (χ1n) is 11.5. The third-order valence-electron chi connectivity index (χ3n) is 6.82. The van der Waals surface area contributed by atoms with Gasteiger partial charge in [-0.15, -0.1) is 0 Å². The van der Waals surface area contributed by atoms with E-state index in [0.717, 1.165) is 12.8 Å². The van der Waals surface area contributed by atoms with Crippen LogP contribution in [-0.4, -0.2) is 11.1 Å². The molecule has 0 aliphatic heterocycles. The van der Waals surface area contributed by atoms with Crippen molar-refractivity contribution in [2.75, 3.05) is 0 Å². The van der Waals surface area contributed by atoms with E-state index in [2.05, 4.69) is 64.1 Å². The average Bonchev–Trinajstić information content (AvgIpc) is 2.74. The van der Waals surface area contributed by atoms with E-state index in [9.17, 15) is 4.79 Å². The van der Waals surface area contributed by atoms with Crippen molar-refractivity contribution in [3.63, 3.8) is 0 Å². The maximum absolute atomic E-state index is 10.9. The topological polar surface area (TPSA) is 37.3 Å². The molecule has 2 aromatic carbocycles. The number of hydrogen-bond donors (Lipinski definition) is 1. The molecule has 0 unspecified atom stereocenters. The van der Waals surface area contributed by atoms with Gasteiger partial charge >= 0.3 is 5.97 Å². The molecule has 1 aliphatic carbocycles. The van der Waals surface area contributed by atoms with Crippen LogP contribution in [0.5, 0.6) is 0 Å². The molecule has 1 aliphatic rings. The maximum atomic E-state index is 10.9. The highest BCUT2D eigenvalue weighted by molar-refractivity contribution is 5.70. The molecule has 0 saturated heterocycles. The Balaban J connectivity index is 1.77. The Kier molecular flexibility index (Phi) is 7.53. The van der Waals surface area contributed by atoms with Crippen LogP contribution in [0.4, 0.5) is 0 Å². The number of carboxylic acid groups (broad SMARTS) is 1. The van der Waals surface area contributed by atoms with Gasteiger partial charge in [0.05, 0.1) is 0 Å². The molecule has 2 heteroatoms. The van der Waals surface area contributed by atoms with E-state index in [0.29, 0.717) is 12.3 Å². The van der Waals surface area contributed by atoms with Gasteiger partial charge in [0.1, 0.15) is 0 Å². The molecule has 1 N–H and O–H groups in total. The van der Waals surface area contributed by atoms with Gasteiger partial charge in [0.25, 0.3) is 0 Å². The van der Waals surface area contributed by atoms with Crippen molar-refractivity contribution in [3.8, 4) is 0 Å². The molecule has 0 radical (unpaired) electrons. The summed E-state index contributed by atoms with van der Waals surface area (Å²) in [5.74, 6) is -0.155. The first kappa shape index (κ1) is 22.3. The quantitative estimate of drug-likeness (QED) is 0.497. The largest absolute Gasteiger partial charge is 0.481 e. The summed E-state index contributed by atoms with van der Waals surface area (Å²) in [5, 5.41) is 8.97. The molecule has 3 rings (SSSR count). The molecule has 2 nitrogen and oxygen atoms in total. The average molecular weight is 405 g/mol. The normalized spacial score (nSPS) is 14.4. The Hall–Kier alpha value is -2.35. The zero-order valence-electron chi connectivity index (χ0n) is 19.1. The number of allylic oxidation sites excluding steroid dienone is 2. The Labute approximate surface area is 182 Å². The lowest BCUT2D eigenvalue weighted by molar-refractivity contribution is -0.136. The van der Waals surface area contributed by atoms with Crippen LogP contribution in [0.1, 0.15) is 91.7 Å². The summed E-state index contributed by atoms with van der Waals surface area (Å²) >= 11 is 0. The molecular weight excluding hydrogens is 368 g/mol. The van der Waals surface area contributed by atoms with Crippen LogP contribution < -0.4 is 0 Å². The second kappa shape index (κ2) is 10.1. The standard InChI is InChI=1S/C28H36O2/c1-19(2)22-9-14-26(15-10-22)27-8-6-5-7-25(27)16-13-23-11-12-24(17-18-28(29)30)21(4)20(23)3/h9-12,14-15,19H,5-8,13,16-18H2,1-4H3,(H,29,30). The van der Waals surface area contributed by atoms with Crippen molar-refractivity contribution in [3.05, 3.63) is 75.4 Å². The number of hydrogen-bond acceptors (Lipinski definition) is 1. The number of carbonyl (C=O) groups is 1. The van der Waals surface area contributed by atoms with Crippen molar-refractivity contribution in [1.82, 2.24) is 0 Å². The lowest BCUT2D eigenvalue weighted by Crippen LogP contribution is -2.04. The second-order valence-electron chi connectivity index (χ2n) is 9.09. The molecule has 160 valence electrons. The van der Waals surface area contributed by atoms with Gasteiger partial charge in [0.2, 0.25) is 0 Å². The van der Waals surface area contributed by atoms with E-state index < -0.39 is 5.97 Å². The minimum absolute atomic E-state index is 0.200. The van der Waals surface area contributed by atoms with Gasteiger partial charge in [-0.1, -0.05) is 55.8 Å². The zero-order chi connectivity index (χ0) is 21.7. The van der Waals surface area contributed by atoms with Crippen LogP contribution in [0.25, 0.3) is 5.57 Å². The van der Waals surface area contributed by atoms with Crippen molar-refractivity contribution < 1.29 is 9.90 Å². The SMILES string of the molecule is Cc1c(CCC(=O)O)ccc(CCC2=C(c3ccc(C(C)C)cc3)CCCC2)c1C. The van der Waals surface area contributed by atoms with Crippen LogP contribution in [0.2, 0.25) is 0 Å². The van der Waals surface area contributed by atoms with Gasteiger partial charge in [-0.05, 0) is 104 Å². The third-order valence-corrected chi connectivity index (χ3v) is 6.82. The lowest BCUT2D eigenvalue weighted by atomic mass is 9.83. The van der Waals surface area contributed by atoms with E-state index in [1.54, 1.807) is 11.1 Å². The fourth-order valence-corrected chi connectivity index (χ4v) is 4.66. The van der Waals surface area contributed by atoms with Gasteiger partial charge < -0.3 is 5.11 Å². The molecule has 0 fully saturated rings. The summed E-state index contributed by atoms with van der Waals surface area (Å²) in [6, 6.07) is 13.6. The Morgan fingerprint density at radius 3 is 2.07 bits per heavy atom. The van der Waals surface area contributed by atoms with E-state index in [1.165, 1.54) is 59.1 Å². The first-order valence-corrected chi connectivity index (χ1v) is 11.5. The van der Waals surface area contributed by atoms with Gasteiger partial charge in [-0.25, -0.2) is 0 Å². The summed E-state index contributed by atoms with van der Waals surface area (Å²) in [5.41, 5.74) is 11.2. The van der Waals surface area contributed by atoms with E-state index in [-0.39, 0.29) is 6.42 Å². The summed E-state index contributed by atoms with van der Waals surface area (Å²) in [7, 11) is 0. The van der Waals surface area contributed by atoms with Crippen LogP contribution in [0, 0.1) is 13.8 Å². The van der Waals surface area contributed by atoms with Crippen molar-refractivity contribution in [1.29, 1.82) is 0 Å². The smallest absolute Gasteiger partial charge is 0.303 e. The van der Waals surface area contributed by atoms with Crippen LogP contribution in [0.3, 0.4) is 0 Å². The Morgan fingerprint density at radius 1 is 0.867 bits per heavy atom. The summed E-state index contributed by atoms with van der Waals surface area (Å²) in [6.07, 6.45) is 8.01. The summed E-state index contributed by atoms with van der Waals surface area (Å²) in [4.78, 5) is 10.9. The molecule has 0 atom stereocenters. The number of aryl methyl sites for hydroxylation is 2. The minimum Gasteiger partial charge on any atom is -0.481 e. The minimum atomic E-state index is -0.727. The van der Waals surface area contributed by atoms with Crippen LogP contribution in [0.15, 0.2) is 42.0 Å². The fraction of sp³-hybridized carbons (Fsp3) is 0.464. The molecule has 30 heavy (non-hydrogen) atoms. The second-order valence-corrected chi connectivity index (χ2v) is 9.09. The van der Waals surface area contributed by atoms with Crippen molar-refractivity contribution in [2.24, 2.45) is 0 Å². The monoisotopic (exact) mass is 404 g/mol. The number of carboxylic acids is 1. The number of rotatable bonds is 8. The van der Waals surface area contributed by atoms with Crippen molar-refractivity contribution in [2.45, 2.75) is 85.0 Å². The number of aliphatic carboxylic acids is 1. The first-order chi connectivity index (χ1) is 14.4. The van der Waals surface area contributed by atoms with Gasteiger partial charge in [0, 0.05) is 6.42 Å². The summed E-state index contributed by atoms with van der Waals surface area (Å²) < 4.78 is 0. The van der Waals surface area contributed by atoms with E-state index >= 15 is 0 Å². The predicted octanol–water partition coefficient (Wildman–Crippen LogP) is 7.40. The molecule has 2 aromatic rings. The Morgan fingerprint density at radius 2 is 1.47 bits per heavy atom. The molecule has 0 saturated carbocycles. The fourth-order valence-electron chi connectivity index (χ4n) is 4.66. The highest BCUT2D eigenvalue weighted by Gasteiger charge is 2.16. The maximum Gasteiger partial charge on any atom is 0.303 e. The molecule has 0 amide bonds. The van der Waals surface area contributed by atoms with Crippen LogP contribution in [-0.2, 0) is 17.6 Å².